The van der Waals surface area contributed by atoms with Gasteiger partial charge in [0.15, 0.2) is 0 Å². The third-order valence-corrected chi connectivity index (χ3v) is 5.16. The molecular formula is C19H24N2O4. The molecule has 3 fully saturated rings. The van der Waals surface area contributed by atoms with Crippen molar-refractivity contribution in [1.82, 2.24) is 10.3 Å². The molecule has 6 nitrogen and oxygen atoms in total. The monoisotopic (exact) mass is 344 g/mol. The van der Waals surface area contributed by atoms with Gasteiger partial charge in [-0.25, -0.2) is 9.78 Å². The van der Waals surface area contributed by atoms with Crippen LogP contribution in [0.2, 0.25) is 0 Å². The van der Waals surface area contributed by atoms with E-state index in [-0.39, 0.29) is 5.69 Å². The minimum atomic E-state index is -0.986. The first kappa shape index (κ1) is 16.4. The van der Waals surface area contributed by atoms with E-state index in [2.05, 4.69) is 10.3 Å². The molecular weight excluding hydrogens is 320 g/mol. The standard InChI is InChI=1S/C19H24N2O4/c22-17(20-16(19(23)24)9-11-1-2-11)15-8-7-14(13-5-6-13)18(21-15)25-10-12-3-4-12/h7-8,11-13,16H,1-6,9-10H2,(H,20,22)(H,23,24)/t16-/m0/s1. The summed E-state index contributed by atoms with van der Waals surface area (Å²) in [6, 6.07) is 2.75. The molecule has 1 atom stereocenters. The number of carboxylic acids is 1. The Balaban J connectivity index is 1.46. The fourth-order valence-electron chi connectivity index (χ4n) is 3.02. The quantitative estimate of drug-likeness (QED) is 0.719. The number of carboxylic acid groups (broad SMARTS) is 1. The second-order valence-corrected chi connectivity index (χ2v) is 7.66. The first-order chi connectivity index (χ1) is 12.1. The molecule has 25 heavy (non-hydrogen) atoms. The number of amides is 1. The molecule has 0 aliphatic heterocycles. The molecule has 3 aliphatic carbocycles. The number of aliphatic carboxylic acids is 1. The Morgan fingerprint density at radius 1 is 1.16 bits per heavy atom. The van der Waals surface area contributed by atoms with Gasteiger partial charge in [0.2, 0.25) is 5.88 Å². The van der Waals surface area contributed by atoms with E-state index in [4.69, 9.17) is 4.74 Å². The minimum Gasteiger partial charge on any atom is -0.480 e. The van der Waals surface area contributed by atoms with E-state index >= 15 is 0 Å². The zero-order valence-corrected chi connectivity index (χ0v) is 14.2. The Morgan fingerprint density at radius 2 is 1.88 bits per heavy atom. The van der Waals surface area contributed by atoms with Crippen LogP contribution in [0.15, 0.2) is 12.1 Å². The number of ether oxygens (including phenoxy) is 1. The smallest absolute Gasteiger partial charge is 0.326 e. The molecule has 0 aromatic carbocycles. The lowest BCUT2D eigenvalue weighted by molar-refractivity contribution is -0.139. The van der Waals surface area contributed by atoms with Gasteiger partial charge in [0.05, 0.1) is 6.61 Å². The molecule has 0 radical (unpaired) electrons. The highest BCUT2D eigenvalue weighted by Gasteiger charge is 2.32. The summed E-state index contributed by atoms with van der Waals surface area (Å²) in [7, 11) is 0. The highest BCUT2D eigenvalue weighted by Crippen LogP contribution is 2.44. The maximum absolute atomic E-state index is 12.5. The maximum Gasteiger partial charge on any atom is 0.326 e. The number of carbonyl (C=O) groups excluding carboxylic acids is 1. The van der Waals surface area contributed by atoms with Gasteiger partial charge in [-0.3, -0.25) is 4.79 Å². The number of nitrogens with one attached hydrogen (secondary N) is 1. The van der Waals surface area contributed by atoms with Crippen molar-refractivity contribution < 1.29 is 19.4 Å². The largest absolute Gasteiger partial charge is 0.480 e. The average Bonchev–Trinajstić information content (AvgIpc) is 3.46. The normalized spacial score (nSPS) is 20.8. The lowest BCUT2D eigenvalue weighted by atomic mass is 10.1. The van der Waals surface area contributed by atoms with Crippen LogP contribution in [0.25, 0.3) is 0 Å². The molecule has 1 heterocycles. The van der Waals surface area contributed by atoms with Crippen LogP contribution in [-0.4, -0.2) is 34.6 Å². The Labute approximate surface area is 147 Å². The zero-order chi connectivity index (χ0) is 17.4. The van der Waals surface area contributed by atoms with E-state index in [1.165, 1.54) is 12.8 Å². The highest BCUT2D eigenvalue weighted by molar-refractivity contribution is 5.95. The van der Waals surface area contributed by atoms with Crippen molar-refractivity contribution >= 4 is 11.9 Å². The van der Waals surface area contributed by atoms with E-state index < -0.39 is 17.9 Å². The predicted molar refractivity (Wildman–Crippen MR) is 90.7 cm³/mol. The second kappa shape index (κ2) is 6.65. The number of hydrogen-bond acceptors (Lipinski definition) is 4. The highest BCUT2D eigenvalue weighted by atomic mass is 16.5. The summed E-state index contributed by atoms with van der Waals surface area (Å²) < 4.78 is 5.87. The van der Waals surface area contributed by atoms with E-state index in [1.54, 1.807) is 6.07 Å². The van der Waals surface area contributed by atoms with Gasteiger partial charge in [0, 0.05) is 5.56 Å². The molecule has 2 N–H and O–H groups in total. The Morgan fingerprint density at radius 3 is 2.48 bits per heavy atom. The second-order valence-electron chi connectivity index (χ2n) is 7.66. The van der Waals surface area contributed by atoms with Crippen LogP contribution < -0.4 is 10.1 Å². The molecule has 4 rings (SSSR count). The molecule has 3 aliphatic rings. The summed E-state index contributed by atoms with van der Waals surface area (Å²) in [5.74, 6) is 0.647. The zero-order valence-electron chi connectivity index (χ0n) is 14.2. The number of nitrogens with zero attached hydrogens (tertiary/aromatic N) is 1. The van der Waals surface area contributed by atoms with Gasteiger partial charge < -0.3 is 15.2 Å². The van der Waals surface area contributed by atoms with Gasteiger partial charge in [-0.2, -0.15) is 0 Å². The molecule has 1 aromatic rings. The summed E-state index contributed by atoms with van der Waals surface area (Å²) >= 11 is 0. The summed E-state index contributed by atoms with van der Waals surface area (Å²) in [4.78, 5) is 28.3. The lowest BCUT2D eigenvalue weighted by Crippen LogP contribution is -2.41. The van der Waals surface area contributed by atoms with Crippen molar-refractivity contribution in [2.75, 3.05) is 6.61 Å². The van der Waals surface area contributed by atoms with Crippen molar-refractivity contribution in [2.45, 2.75) is 56.9 Å². The average molecular weight is 344 g/mol. The van der Waals surface area contributed by atoms with E-state index in [0.29, 0.717) is 36.7 Å². The molecule has 0 bridgehead atoms. The fraction of sp³-hybridized carbons (Fsp3) is 0.632. The van der Waals surface area contributed by atoms with E-state index in [1.807, 2.05) is 6.07 Å². The number of aromatic nitrogens is 1. The van der Waals surface area contributed by atoms with Gasteiger partial charge in [0.25, 0.3) is 5.91 Å². The fourth-order valence-corrected chi connectivity index (χ4v) is 3.02. The van der Waals surface area contributed by atoms with Gasteiger partial charge in [0.1, 0.15) is 11.7 Å². The van der Waals surface area contributed by atoms with Crippen LogP contribution in [0.4, 0.5) is 0 Å². The minimum absolute atomic E-state index is 0.234. The van der Waals surface area contributed by atoms with Crippen LogP contribution in [0.1, 0.15) is 66.9 Å². The van der Waals surface area contributed by atoms with Crippen molar-refractivity contribution in [2.24, 2.45) is 11.8 Å². The SMILES string of the molecule is O=C(N[C@@H](CC1CC1)C(=O)O)c1ccc(C2CC2)c(OCC2CC2)n1. The summed E-state index contributed by atoms with van der Waals surface area (Å²) in [6.07, 6.45) is 7.25. The van der Waals surface area contributed by atoms with Gasteiger partial charge in [-0.1, -0.05) is 18.9 Å². The molecule has 0 saturated heterocycles. The third kappa shape index (κ3) is 4.30. The van der Waals surface area contributed by atoms with Gasteiger partial charge in [-0.15, -0.1) is 0 Å². The van der Waals surface area contributed by atoms with Crippen LogP contribution in [-0.2, 0) is 4.79 Å². The number of hydrogen-bond donors (Lipinski definition) is 2. The van der Waals surface area contributed by atoms with E-state index in [9.17, 15) is 14.7 Å². The van der Waals surface area contributed by atoms with Gasteiger partial charge >= 0.3 is 5.97 Å². The lowest BCUT2D eigenvalue weighted by Gasteiger charge is -2.15. The Hall–Kier alpha value is -2.11. The van der Waals surface area contributed by atoms with Crippen LogP contribution in [0.5, 0.6) is 5.88 Å². The van der Waals surface area contributed by atoms with Crippen LogP contribution in [0, 0.1) is 11.8 Å². The first-order valence-electron chi connectivity index (χ1n) is 9.27. The summed E-state index contributed by atoms with van der Waals surface area (Å²) in [6.45, 7) is 0.650. The number of rotatable bonds is 9. The molecule has 0 unspecified atom stereocenters. The van der Waals surface area contributed by atoms with Gasteiger partial charge in [-0.05, 0) is 55.9 Å². The number of carbonyl (C=O) groups is 2. The van der Waals surface area contributed by atoms with Crippen molar-refractivity contribution in [1.29, 1.82) is 0 Å². The number of pyridine rings is 1. The van der Waals surface area contributed by atoms with Crippen LogP contribution in [0.3, 0.4) is 0 Å². The third-order valence-electron chi connectivity index (χ3n) is 5.16. The Kier molecular flexibility index (Phi) is 4.36. The van der Waals surface area contributed by atoms with Crippen molar-refractivity contribution in [3.63, 3.8) is 0 Å². The first-order valence-corrected chi connectivity index (χ1v) is 9.27. The molecule has 1 aromatic heterocycles. The van der Waals surface area contributed by atoms with Crippen molar-refractivity contribution in [3.8, 4) is 5.88 Å². The molecule has 3 saturated carbocycles. The predicted octanol–water partition coefficient (Wildman–Crippen LogP) is 2.73. The molecule has 0 spiro atoms. The molecule has 1 amide bonds. The summed E-state index contributed by atoms with van der Waals surface area (Å²) in [5, 5.41) is 11.9. The maximum atomic E-state index is 12.5. The van der Waals surface area contributed by atoms with Crippen LogP contribution >= 0.6 is 0 Å². The topological polar surface area (TPSA) is 88.5 Å². The Bertz CT molecular complexity index is 678. The summed E-state index contributed by atoms with van der Waals surface area (Å²) in [5.41, 5.74) is 1.31. The van der Waals surface area contributed by atoms with Crippen molar-refractivity contribution in [3.05, 3.63) is 23.4 Å². The molecule has 134 valence electrons. The van der Waals surface area contributed by atoms with E-state index in [0.717, 1.165) is 31.2 Å². The molecule has 6 heteroatoms.